The predicted octanol–water partition coefficient (Wildman–Crippen LogP) is 6.16. The third kappa shape index (κ3) is 2.88. The molecule has 0 spiro atoms. The highest BCUT2D eigenvalue weighted by Gasteiger charge is 2.19. The first-order valence-electron chi connectivity index (χ1n) is 9.69. The lowest BCUT2D eigenvalue weighted by Gasteiger charge is -2.15. The SMILES string of the molecule is Cn1c(-c2ccccc2)nc2cc(-c3ccccc3)c(-c3ccccc3)c(N)c21. The summed E-state index contributed by atoms with van der Waals surface area (Å²) in [6.45, 7) is 0. The molecule has 0 unspecified atom stereocenters. The Morgan fingerprint density at radius 1 is 0.690 bits per heavy atom. The molecule has 5 aromatic rings. The van der Waals surface area contributed by atoms with Gasteiger partial charge in [-0.25, -0.2) is 4.98 Å². The van der Waals surface area contributed by atoms with Crippen molar-refractivity contribution in [3.8, 4) is 33.6 Å². The van der Waals surface area contributed by atoms with Crippen molar-refractivity contribution in [2.24, 2.45) is 7.05 Å². The summed E-state index contributed by atoms with van der Waals surface area (Å²) in [5.74, 6) is 0.913. The van der Waals surface area contributed by atoms with Crippen LogP contribution < -0.4 is 5.73 Å². The van der Waals surface area contributed by atoms with Crippen LogP contribution in [0.1, 0.15) is 0 Å². The predicted molar refractivity (Wildman–Crippen MR) is 121 cm³/mol. The van der Waals surface area contributed by atoms with Crippen molar-refractivity contribution in [2.45, 2.75) is 0 Å². The second-order valence-electron chi connectivity index (χ2n) is 7.17. The summed E-state index contributed by atoms with van der Waals surface area (Å²) in [6.07, 6.45) is 0. The van der Waals surface area contributed by atoms with Crippen molar-refractivity contribution in [2.75, 3.05) is 5.73 Å². The van der Waals surface area contributed by atoms with Crippen LogP contribution in [0.2, 0.25) is 0 Å². The van der Waals surface area contributed by atoms with E-state index in [1.807, 2.05) is 49.5 Å². The fourth-order valence-electron chi connectivity index (χ4n) is 4.02. The van der Waals surface area contributed by atoms with E-state index in [1.165, 1.54) is 0 Å². The van der Waals surface area contributed by atoms with E-state index in [-0.39, 0.29) is 0 Å². The Hall–Kier alpha value is -3.85. The smallest absolute Gasteiger partial charge is 0.140 e. The molecule has 0 saturated carbocycles. The van der Waals surface area contributed by atoms with Gasteiger partial charge in [0.1, 0.15) is 5.82 Å². The second-order valence-corrected chi connectivity index (χ2v) is 7.17. The summed E-state index contributed by atoms with van der Waals surface area (Å²) in [5, 5.41) is 0. The maximum absolute atomic E-state index is 6.82. The molecular weight excluding hydrogens is 354 g/mol. The highest BCUT2D eigenvalue weighted by molar-refractivity contribution is 6.05. The first kappa shape index (κ1) is 17.3. The van der Waals surface area contributed by atoms with Crippen LogP contribution in [-0.4, -0.2) is 9.55 Å². The number of aryl methyl sites for hydroxylation is 1. The van der Waals surface area contributed by atoms with Gasteiger partial charge in [0.2, 0.25) is 0 Å². The summed E-state index contributed by atoms with van der Waals surface area (Å²) in [6, 6.07) is 33.1. The molecule has 2 N–H and O–H groups in total. The average molecular weight is 375 g/mol. The first-order valence-corrected chi connectivity index (χ1v) is 9.69. The van der Waals surface area contributed by atoms with Crippen molar-refractivity contribution in [1.29, 1.82) is 0 Å². The zero-order valence-electron chi connectivity index (χ0n) is 16.2. The molecule has 4 aromatic carbocycles. The minimum Gasteiger partial charge on any atom is -0.396 e. The average Bonchev–Trinajstić information content (AvgIpc) is 3.12. The number of rotatable bonds is 3. The summed E-state index contributed by atoms with van der Waals surface area (Å²) in [4.78, 5) is 4.95. The van der Waals surface area contributed by atoms with Crippen LogP contribution in [0.4, 0.5) is 5.69 Å². The van der Waals surface area contributed by atoms with Gasteiger partial charge in [0.05, 0.1) is 16.7 Å². The largest absolute Gasteiger partial charge is 0.396 e. The maximum Gasteiger partial charge on any atom is 0.140 e. The molecule has 0 fully saturated rings. The van der Waals surface area contributed by atoms with Gasteiger partial charge in [-0.1, -0.05) is 91.0 Å². The Bertz CT molecular complexity index is 1290. The Morgan fingerprint density at radius 3 is 1.79 bits per heavy atom. The number of hydrogen-bond acceptors (Lipinski definition) is 2. The van der Waals surface area contributed by atoms with Gasteiger partial charge in [-0.15, -0.1) is 0 Å². The number of fused-ring (bicyclic) bond motifs is 1. The van der Waals surface area contributed by atoms with E-state index in [4.69, 9.17) is 10.7 Å². The second kappa shape index (κ2) is 6.95. The molecule has 0 saturated heterocycles. The molecule has 0 aliphatic carbocycles. The molecule has 3 nitrogen and oxygen atoms in total. The Balaban J connectivity index is 1.86. The standard InChI is InChI=1S/C26H21N3/c1-29-25-22(28-26(29)20-15-9-4-10-16-20)17-21(18-11-5-2-6-12-18)23(24(25)27)19-13-7-3-8-14-19/h2-17H,27H2,1H3. The summed E-state index contributed by atoms with van der Waals surface area (Å²) in [7, 11) is 2.03. The number of hydrogen-bond donors (Lipinski definition) is 1. The summed E-state index contributed by atoms with van der Waals surface area (Å²) < 4.78 is 2.10. The minimum absolute atomic E-state index is 0.754. The quantitative estimate of drug-likeness (QED) is 0.384. The zero-order chi connectivity index (χ0) is 19.8. The number of imidazole rings is 1. The van der Waals surface area contributed by atoms with Gasteiger partial charge >= 0.3 is 0 Å². The molecule has 0 bridgehead atoms. The van der Waals surface area contributed by atoms with Gasteiger partial charge in [0.15, 0.2) is 0 Å². The highest BCUT2D eigenvalue weighted by Crippen LogP contribution is 2.42. The number of nitrogens with zero attached hydrogens (tertiary/aromatic N) is 2. The normalized spacial score (nSPS) is 11.1. The van der Waals surface area contributed by atoms with E-state index in [9.17, 15) is 0 Å². The Kier molecular flexibility index (Phi) is 4.14. The maximum atomic E-state index is 6.82. The van der Waals surface area contributed by atoms with E-state index in [2.05, 4.69) is 59.2 Å². The molecule has 5 rings (SSSR count). The number of nitrogen functional groups attached to an aromatic ring is 1. The fraction of sp³-hybridized carbons (Fsp3) is 0.0385. The number of aromatic nitrogens is 2. The van der Waals surface area contributed by atoms with Crippen molar-refractivity contribution in [3.63, 3.8) is 0 Å². The van der Waals surface area contributed by atoms with Crippen molar-refractivity contribution < 1.29 is 0 Å². The van der Waals surface area contributed by atoms with Crippen LogP contribution in [0.15, 0.2) is 97.1 Å². The monoisotopic (exact) mass is 375 g/mol. The van der Waals surface area contributed by atoms with Gasteiger partial charge in [0.25, 0.3) is 0 Å². The van der Waals surface area contributed by atoms with Crippen LogP contribution in [-0.2, 0) is 7.05 Å². The lowest BCUT2D eigenvalue weighted by Crippen LogP contribution is -1.99. The molecule has 0 amide bonds. The summed E-state index contributed by atoms with van der Waals surface area (Å²) in [5.41, 5.74) is 14.9. The van der Waals surface area contributed by atoms with Gasteiger partial charge in [0, 0.05) is 18.2 Å². The molecule has 0 aliphatic heterocycles. The molecule has 140 valence electrons. The summed E-state index contributed by atoms with van der Waals surface area (Å²) >= 11 is 0. The minimum atomic E-state index is 0.754. The van der Waals surface area contributed by atoms with Crippen molar-refractivity contribution in [1.82, 2.24) is 9.55 Å². The Labute approximate surface area is 170 Å². The molecule has 0 radical (unpaired) electrons. The number of benzene rings is 4. The molecule has 1 heterocycles. The van der Waals surface area contributed by atoms with E-state index in [1.54, 1.807) is 0 Å². The van der Waals surface area contributed by atoms with Crippen LogP contribution in [0.25, 0.3) is 44.7 Å². The van der Waals surface area contributed by atoms with Crippen LogP contribution in [0, 0.1) is 0 Å². The lowest BCUT2D eigenvalue weighted by molar-refractivity contribution is 0.960. The number of nitrogens with two attached hydrogens (primary N) is 1. The topological polar surface area (TPSA) is 43.8 Å². The van der Waals surface area contributed by atoms with Crippen molar-refractivity contribution in [3.05, 3.63) is 97.1 Å². The molecule has 3 heteroatoms. The third-order valence-corrected chi connectivity index (χ3v) is 5.38. The molecule has 0 atom stereocenters. The lowest BCUT2D eigenvalue weighted by atomic mass is 9.92. The van der Waals surface area contributed by atoms with Crippen molar-refractivity contribution >= 4 is 16.7 Å². The third-order valence-electron chi connectivity index (χ3n) is 5.38. The van der Waals surface area contributed by atoms with E-state index in [0.29, 0.717) is 0 Å². The molecule has 29 heavy (non-hydrogen) atoms. The highest BCUT2D eigenvalue weighted by atomic mass is 15.1. The first-order chi connectivity index (χ1) is 14.2. The molecule has 1 aromatic heterocycles. The number of anilines is 1. The van der Waals surface area contributed by atoms with E-state index in [0.717, 1.165) is 50.4 Å². The zero-order valence-corrected chi connectivity index (χ0v) is 16.2. The van der Waals surface area contributed by atoms with Crippen LogP contribution in [0.5, 0.6) is 0 Å². The Morgan fingerprint density at radius 2 is 1.21 bits per heavy atom. The van der Waals surface area contributed by atoms with E-state index < -0.39 is 0 Å². The molecular formula is C26H21N3. The van der Waals surface area contributed by atoms with Gasteiger partial charge < -0.3 is 10.3 Å². The van der Waals surface area contributed by atoms with Gasteiger partial charge in [-0.3, -0.25) is 0 Å². The van der Waals surface area contributed by atoms with Gasteiger partial charge in [-0.05, 0) is 22.8 Å². The van der Waals surface area contributed by atoms with Crippen LogP contribution >= 0.6 is 0 Å². The van der Waals surface area contributed by atoms with E-state index >= 15 is 0 Å². The van der Waals surface area contributed by atoms with Crippen LogP contribution in [0.3, 0.4) is 0 Å². The molecule has 0 aliphatic rings. The fourth-order valence-corrected chi connectivity index (χ4v) is 4.02. The van der Waals surface area contributed by atoms with Gasteiger partial charge in [-0.2, -0.15) is 0 Å².